The van der Waals surface area contributed by atoms with Crippen LogP contribution in [0.3, 0.4) is 0 Å². The molecule has 1 saturated carbocycles. The van der Waals surface area contributed by atoms with E-state index in [-0.39, 0.29) is 0 Å². The van der Waals surface area contributed by atoms with Gasteiger partial charge in [-0.1, -0.05) is 6.07 Å². The molecule has 0 radical (unpaired) electrons. The Bertz CT molecular complexity index is 603. The maximum absolute atomic E-state index is 11.3. The van der Waals surface area contributed by atoms with E-state index in [0.717, 1.165) is 28.6 Å². The largest absolute Gasteiger partial charge is 0.481 e. The molecule has 92 valence electrons. The van der Waals surface area contributed by atoms with Gasteiger partial charge >= 0.3 is 5.97 Å². The maximum Gasteiger partial charge on any atom is 0.314 e. The monoisotopic (exact) mass is 306 g/mol. The highest BCUT2D eigenvalue weighted by molar-refractivity contribution is 9.10. The first-order chi connectivity index (χ1) is 8.63. The quantitative estimate of drug-likeness (QED) is 0.948. The lowest BCUT2D eigenvalue weighted by atomic mass is 9.96. The van der Waals surface area contributed by atoms with Gasteiger partial charge in [0.25, 0.3) is 0 Å². The van der Waals surface area contributed by atoms with Gasteiger partial charge in [-0.05, 0) is 52.5 Å². The van der Waals surface area contributed by atoms with Crippen LogP contribution in [0.15, 0.2) is 41.1 Å². The summed E-state index contributed by atoms with van der Waals surface area (Å²) in [6, 6.07) is 7.51. The molecule has 1 aromatic carbocycles. The predicted octanol–water partition coefficient (Wildman–Crippen LogP) is 2.75. The summed E-state index contributed by atoms with van der Waals surface area (Å²) in [7, 11) is 0. The molecule has 1 aliphatic rings. The van der Waals surface area contributed by atoms with Gasteiger partial charge in [0.05, 0.1) is 11.1 Å². The van der Waals surface area contributed by atoms with Crippen molar-refractivity contribution in [2.75, 3.05) is 0 Å². The second kappa shape index (κ2) is 3.95. The fourth-order valence-electron chi connectivity index (χ4n) is 2.15. The van der Waals surface area contributed by atoms with Gasteiger partial charge in [0.15, 0.2) is 0 Å². The van der Waals surface area contributed by atoms with Gasteiger partial charge in [-0.3, -0.25) is 4.79 Å². The Balaban J connectivity index is 2.03. The maximum atomic E-state index is 11.3. The Morgan fingerprint density at radius 3 is 2.72 bits per heavy atom. The minimum atomic E-state index is -0.735. The lowest BCUT2D eigenvalue weighted by Gasteiger charge is -2.12. The molecule has 0 bridgehead atoms. The number of carboxylic acids is 1. The van der Waals surface area contributed by atoms with Gasteiger partial charge < -0.3 is 5.11 Å². The number of nitrogens with zero attached hydrogens (tertiary/aromatic N) is 2. The van der Waals surface area contributed by atoms with Crippen molar-refractivity contribution in [3.63, 3.8) is 0 Å². The van der Waals surface area contributed by atoms with Gasteiger partial charge in [-0.15, -0.1) is 0 Å². The average Bonchev–Trinajstić information content (AvgIpc) is 2.99. The lowest BCUT2D eigenvalue weighted by molar-refractivity contribution is -0.140. The van der Waals surface area contributed by atoms with Crippen molar-refractivity contribution in [1.82, 2.24) is 9.78 Å². The molecule has 0 aliphatic heterocycles. The van der Waals surface area contributed by atoms with Crippen LogP contribution in [-0.4, -0.2) is 20.9 Å². The molecule has 0 spiro atoms. The van der Waals surface area contributed by atoms with Crippen LogP contribution in [0.2, 0.25) is 0 Å². The SMILES string of the molecule is O=C(O)C1(c2ccc(-n3cccn3)c(Br)c2)CC1. The summed E-state index contributed by atoms with van der Waals surface area (Å²) in [4.78, 5) is 11.3. The normalized spacial score (nSPS) is 16.5. The van der Waals surface area contributed by atoms with Gasteiger partial charge in [0.2, 0.25) is 0 Å². The van der Waals surface area contributed by atoms with Crippen LogP contribution >= 0.6 is 15.9 Å². The van der Waals surface area contributed by atoms with Crippen molar-refractivity contribution in [3.05, 3.63) is 46.7 Å². The first kappa shape index (κ1) is 11.5. The molecule has 1 heterocycles. The molecule has 0 amide bonds. The van der Waals surface area contributed by atoms with E-state index in [2.05, 4.69) is 21.0 Å². The van der Waals surface area contributed by atoms with Crippen LogP contribution in [0.5, 0.6) is 0 Å². The number of rotatable bonds is 3. The fraction of sp³-hybridized carbons (Fsp3) is 0.231. The third kappa shape index (κ3) is 1.66. The van der Waals surface area contributed by atoms with Crippen LogP contribution in [0.1, 0.15) is 18.4 Å². The Kier molecular flexibility index (Phi) is 2.52. The lowest BCUT2D eigenvalue weighted by Crippen LogP contribution is -2.19. The number of halogens is 1. The van der Waals surface area contributed by atoms with E-state index in [1.54, 1.807) is 10.9 Å². The van der Waals surface area contributed by atoms with Crippen molar-refractivity contribution in [2.24, 2.45) is 0 Å². The minimum Gasteiger partial charge on any atom is -0.481 e. The summed E-state index contributed by atoms with van der Waals surface area (Å²) in [5.74, 6) is -0.735. The second-order valence-electron chi connectivity index (χ2n) is 4.50. The Morgan fingerprint density at radius 1 is 1.44 bits per heavy atom. The molecule has 3 rings (SSSR count). The van der Waals surface area contributed by atoms with Gasteiger partial charge in [0, 0.05) is 16.9 Å². The van der Waals surface area contributed by atoms with Crippen molar-refractivity contribution >= 4 is 21.9 Å². The van der Waals surface area contributed by atoms with Crippen molar-refractivity contribution in [3.8, 4) is 5.69 Å². The first-order valence-electron chi connectivity index (χ1n) is 5.67. The molecule has 1 fully saturated rings. The molecule has 2 aromatic rings. The highest BCUT2D eigenvalue weighted by atomic mass is 79.9. The predicted molar refractivity (Wildman–Crippen MR) is 69.8 cm³/mol. The zero-order chi connectivity index (χ0) is 12.8. The topological polar surface area (TPSA) is 55.1 Å². The van der Waals surface area contributed by atoms with E-state index in [9.17, 15) is 9.90 Å². The van der Waals surface area contributed by atoms with E-state index in [1.807, 2.05) is 30.5 Å². The number of hydrogen-bond donors (Lipinski definition) is 1. The highest BCUT2D eigenvalue weighted by Crippen LogP contribution is 2.49. The van der Waals surface area contributed by atoms with Gasteiger partial charge in [-0.25, -0.2) is 4.68 Å². The van der Waals surface area contributed by atoms with E-state index < -0.39 is 11.4 Å². The number of benzene rings is 1. The number of aliphatic carboxylic acids is 1. The summed E-state index contributed by atoms with van der Waals surface area (Å²) in [6.07, 6.45) is 5.00. The van der Waals surface area contributed by atoms with Crippen LogP contribution in [0.25, 0.3) is 5.69 Å². The van der Waals surface area contributed by atoms with Crippen LogP contribution < -0.4 is 0 Å². The minimum absolute atomic E-state index is 0.662. The van der Waals surface area contributed by atoms with Gasteiger partial charge in [0.1, 0.15) is 0 Å². The van der Waals surface area contributed by atoms with E-state index >= 15 is 0 Å². The Hall–Kier alpha value is -1.62. The molecule has 1 N–H and O–H groups in total. The number of carbonyl (C=O) groups is 1. The fourth-order valence-corrected chi connectivity index (χ4v) is 2.71. The van der Waals surface area contributed by atoms with E-state index in [0.29, 0.717) is 0 Å². The first-order valence-corrected chi connectivity index (χ1v) is 6.46. The summed E-state index contributed by atoms with van der Waals surface area (Å²) < 4.78 is 2.60. The summed E-state index contributed by atoms with van der Waals surface area (Å²) in [6.45, 7) is 0. The van der Waals surface area contributed by atoms with Crippen LogP contribution in [-0.2, 0) is 10.2 Å². The van der Waals surface area contributed by atoms with E-state index in [4.69, 9.17) is 0 Å². The summed E-state index contributed by atoms with van der Waals surface area (Å²) in [5.41, 5.74) is 1.10. The summed E-state index contributed by atoms with van der Waals surface area (Å²) >= 11 is 3.48. The highest BCUT2D eigenvalue weighted by Gasteiger charge is 2.51. The molecular weight excluding hydrogens is 296 g/mol. The molecule has 4 nitrogen and oxygen atoms in total. The zero-order valence-electron chi connectivity index (χ0n) is 9.51. The van der Waals surface area contributed by atoms with E-state index in [1.165, 1.54) is 0 Å². The molecule has 0 saturated heterocycles. The van der Waals surface area contributed by atoms with Crippen molar-refractivity contribution in [2.45, 2.75) is 18.3 Å². The standard InChI is InChI=1S/C13H11BrN2O2/c14-10-8-9(13(4-5-13)12(17)18)2-3-11(10)16-7-1-6-15-16/h1-3,6-8H,4-5H2,(H,17,18). The Labute approximate surface area is 112 Å². The smallest absolute Gasteiger partial charge is 0.314 e. The van der Waals surface area contributed by atoms with Crippen LogP contribution in [0.4, 0.5) is 0 Å². The third-order valence-electron chi connectivity index (χ3n) is 3.41. The molecule has 0 atom stereocenters. The number of carboxylic acid groups (broad SMARTS) is 1. The number of aromatic nitrogens is 2. The van der Waals surface area contributed by atoms with Crippen LogP contribution in [0, 0.1) is 0 Å². The average molecular weight is 307 g/mol. The zero-order valence-corrected chi connectivity index (χ0v) is 11.1. The molecule has 18 heavy (non-hydrogen) atoms. The van der Waals surface area contributed by atoms with Crippen molar-refractivity contribution in [1.29, 1.82) is 0 Å². The molecule has 1 aliphatic carbocycles. The number of hydrogen-bond acceptors (Lipinski definition) is 2. The second-order valence-corrected chi connectivity index (χ2v) is 5.36. The molecule has 1 aromatic heterocycles. The molecule has 0 unspecified atom stereocenters. The molecule has 5 heteroatoms. The summed E-state index contributed by atoms with van der Waals surface area (Å²) in [5, 5.41) is 13.4. The van der Waals surface area contributed by atoms with Crippen molar-refractivity contribution < 1.29 is 9.90 Å². The van der Waals surface area contributed by atoms with Gasteiger partial charge in [-0.2, -0.15) is 5.10 Å². The Morgan fingerprint density at radius 2 is 2.22 bits per heavy atom. The molecular formula is C13H11BrN2O2. The third-order valence-corrected chi connectivity index (χ3v) is 4.05.